The van der Waals surface area contributed by atoms with Crippen molar-refractivity contribution in [3.8, 4) is 5.75 Å². The summed E-state index contributed by atoms with van der Waals surface area (Å²) >= 11 is 5.79. The van der Waals surface area contributed by atoms with Crippen LogP contribution in [0.5, 0.6) is 5.75 Å². The van der Waals surface area contributed by atoms with E-state index in [1.165, 1.54) is 19.9 Å². The highest BCUT2D eigenvalue weighted by Gasteiger charge is 2.64. The van der Waals surface area contributed by atoms with Crippen molar-refractivity contribution >= 4 is 23.1 Å². The first-order valence-corrected chi connectivity index (χ1v) is 7.56. The molecule has 25 heavy (non-hydrogen) atoms. The number of hydrogen-bond acceptors (Lipinski definition) is 3. The number of ether oxygens (including phenoxy) is 1. The summed E-state index contributed by atoms with van der Waals surface area (Å²) in [5.74, 6) is -5.40. The number of aliphatic carboxylic acids is 1. The van der Waals surface area contributed by atoms with Crippen molar-refractivity contribution in [1.29, 1.82) is 0 Å². The minimum atomic E-state index is -5.44. The molecule has 0 bridgehead atoms. The molecule has 1 aromatic rings. The first-order valence-electron chi connectivity index (χ1n) is 7.18. The maximum atomic E-state index is 13.6. The summed E-state index contributed by atoms with van der Waals surface area (Å²) in [7, 11) is 1.14. The van der Waals surface area contributed by atoms with Gasteiger partial charge < -0.3 is 14.9 Å². The molecule has 1 aromatic carbocycles. The molecule has 140 valence electrons. The number of allylic oxidation sites excluding steroid dienone is 1. The number of carboxylic acids is 1. The number of halogens is 5. The van der Waals surface area contributed by atoms with Gasteiger partial charge in [0.05, 0.1) is 7.11 Å². The highest BCUT2D eigenvalue weighted by Crippen LogP contribution is 2.47. The minimum Gasteiger partial charge on any atom is -0.494 e. The summed E-state index contributed by atoms with van der Waals surface area (Å²) in [5, 5.41) is 18.6. The van der Waals surface area contributed by atoms with Crippen molar-refractivity contribution in [3.63, 3.8) is 0 Å². The molecule has 4 nitrogen and oxygen atoms in total. The van der Waals surface area contributed by atoms with Crippen LogP contribution in [0.15, 0.2) is 18.2 Å². The number of methoxy groups -OCH3 is 1. The lowest BCUT2D eigenvalue weighted by atomic mass is 9.76. The van der Waals surface area contributed by atoms with Crippen LogP contribution in [-0.2, 0) is 4.79 Å². The Bertz CT molecular complexity index is 687. The molecule has 1 rings (SSSR count). The predicted octanol–water partition coefficient (Wildman–Crippen LogP) is 4.30. The van der Waals surface area contributed by atoms with E-state index in [1.54, 1.807) is 0 Å². The number of carboxylic acid groups (broad SMARTS) is 1. The number of aliphatic hydroxyl groups is 1. The highest BCUT2D eigenvalue weighted by atomic mass is 35.5. The molecular weight excluding hydrogens is 368 g/mol. The van der Waals surface area contributed by atoms with Gasteiger partial charge in [-0.1, -0.05) is 24.6 Å². The molecule has 0 radical (unpaired) electrons. The zero-order chi connectivity index (χ0) is 19.6. The van der Waals surface area contributed by atoms with E-state index in [0.717, 1.165) is 19.2 Å². The van der Waals surface area contributed by atoms with E-state index in [9.17, 15) is 27.5 Å². The van der Waals surface area contributed by atoms with Crippen LogP contribution in [0.1, 0.15) is 25.8 Å². The Hall–Kier alpha value is -1.80. The van der Waals surface area contributed by atoms with Gasteiger partial charge in [0.15, 0.2) is 0 Å². The van der Waals surface area contributed by atoms with Crippen LogP contribution in [-0.4, -0.2) is 35.1 Å². The molecule has 2 N–H and O–H groups in total. The molecule has 0 saturated carbocycles. The van der Waals surface area contributed by atoms with E-state index in [-0.39, 0.29) is 23.3 Å². The summed E-state index contributed by atoms with van der Waals surface area (Å²) in [4.78, 5) is 11.3. The molecule has 0 spiro atoms. The van der Waals surface area contributed by atoms with Crippen LogP contribution in [0.25, 0.3) is 5.57 Å². The third kappa shape index (κ3) is 3.59. The van der Waals surface area contributed by atoms with Crippen molar-refractivity contribution in [2.75, 3.05) is 7.11 Å². The zero-order valence-electron chi connectivity index (χ0n) is 13.6. The molecule has 0 aromatic heterocycles. The lowest BCUT2D eigenvalue weighted by Gasteiger charge is -2.35. The van der Waals surface area contributed by atoms with Gasteiger partial charge in [-0.25, -0.2) is 9.18 Å². The highest BCUT2D eigenvalue weighted by molar-refractivity contribution is 6.32. The van der Waals surface area contributed by atoms with Crippen LogP contribution < -0.4 is 4.74 Å². The van der Waals surface area contributed by atoms with Gasteiger partial charge in [0, 0.05) is 11.5 Å². The molecule has 0 aliphatic heterocycles. The summed E-state index contributed by atoms with van der Waals surface area (Å²) in [6.45, 7) is 2.67. The van der Waals surface area contributed by atoms with Gasteiger partial charge in [-0.05, 0) is 31.1 Å². The third-order valence-electron chi connectivity index (χ3n) is 3.92. The summed E-state index contributed by atoms with van der Waals surface area (Å²) < 4.78 is 58.6. The fourth-order valence-corrected chi connectivity index (χ4v) is 2.95. The van der Waals surface area contributed by atoms with E-state index < -0.39 is 34.5 Å². The second-order valence-corrected chi connectivity index (χ2v) is 5.59. The van der Waals surface area contributed by atoms with E-state index in [0.29, 0.717) is 0 Å². The number of hydrogen-bond donors (Lipinski definition) is 2. The number of rotatable bonds is 6. The molecule has 1 unspecified atom stereocenters. The smallest absolute Gasteiger partial charge is 0.428 e. The molecule has 2 atom stereocenters. The van der Waals surface area contributed by atoms with Crippen LogP contribution in [0, 0.1) is 11.7 Å². The van der Waals surface area contributed by atoms with Crippen LogP contribution in [0.2, 0.25) is 5.02 Å². The molecular formula is C16H17ClF4O4. The quantitative estimate of drug-likeness (QED) is 0.718. The molecule has 0 aliphatic carbocycles. The largest absolute Gasteiger partial charge is 0.494 e. The van der Waals surface area contributed by atoms with Gasteiger partial charge in [0.25, 0.3) is 5.60 Å². The first kappa shape index (κ1) is 21.2. The Morgan fingerprint density at radius 2 is 1.96 bits per heavy atom. The Labute approximate surface area is 146 Å². The fraction of sp³-hybridized carbons (Fsp3) is 0.438. The van der Waals surface area contributed by atoms with Crippen molar-refractivity contribution in [2.24, 2.45) is 5.92 Å². The number of benzene rings is 1. The van der Waals surface area contributed by atoms with Crippen molar-refractivity contribution in [3.05, 3.63) is 34.6 Å². The van der Waals surface area contributed by atoms with E-state index >= 15 is 0 Å². The molecule has 0 amide bonds. The summed E-state index contributed by atoms with van der Waals surface area (Å²) in [6, 6.07) is 2.04. The minimum absolute atomic E-state index is 0.0350. The van der Waals surface area contributed by atoms with Crippen LogP contribution >= 0.6 is 11.6 Å². The molecule has 0 heterocycles. The lowest BCUT2D eigenvalue weighted by Crippen LogP contribution is -2.57. The Balaban J connectivity index is 3.69. The first-order chi connectivity index (χ1) is 11.5. The van der Waals surface area contributed by atoms with Gasteiger partial charge >= 0.3 is 12.1 Å². The second-order valence-electron chi connectivity index (χ2n) is 5.22. The fourth-order valence-electron chi connectivity index (χ4n) is 2.71. The van der Waals surface area contributed by atoms with Gasteiger partial charge in [-0.2, -0.15) is 13.2 Å². The van der Waals surface area contributed by atoms with Crippen molar-refractivity contribution in [2.45, 2.75) is 32.0 Å². The SMILES string of the molecule is CC=C(c1ccc(F)c(Cl)c1OC)C(CC)[C@@](O)(C(=O)O)C(F)(F)F. The topological polar surface area (TPSA) is 66.8 Å². The average molecular weight is 385 g/mol. The molecule has 9 heteroatoms. The Morgan fingerprint density at radius 1 is 1.40 bits per heavy atom. The number of alkyl halides is 3. The lowest BCUT2D eigenvalue weighted by molar-refractivity contribution is -0.270. The predicted molar refractivity (Wildman–Crippen MR) is 84.0 cm³/mol. The molecule has 0 aliphatic rings. The summed E-state index contributed by atoms with van der Waals surface area (Å²) in [5.41, 5.74) is -4.24. The van der Waals surface area contributed by atoms with Gasteiger partial charge in [0.2, 0.25) is 0 Å². The Kier molecular flexibility index (Phi) is 6.47. The monoisotopic (exact) mass is 384 g/mol. The third-order valence-corrected chi connectivity index (χ3v) is 4.27. The van der Waals surface area contributed by atoms with Crippen LogP contribution in [0.4, 0.5) is 17.6 Å². The van der Waals surface area contributed by atoms with E-state index in [2.05, 4.69) is 0 Å². The second kappa shape index (κ2) is 7.61. The number of carbonyl (C=O) groups is 1. The Morgan fingerprint density at radius 3 is 2.32 bits per heavy atom. The van der Waals surface area contributed by atoms with Crippen molar-refractivity contribution < 1.29 is 37.3 Å². The van der Waals surface area contributed by atoms with E-state index in [1.807, 2.05) is 0 Å². The average Bonchev–Trinajstić information content (AvgIpc) is 2.53. The molecule has 0 fully saturated rings. The van der Waals surface area contributed by atoms with Gasteiger partial charge in [-0.15, -0.1) is 0 Å². The maximum absolute atomic E-state index is 13.6. The van der Waals surface area contributed by atoms with Gasteiger partial charge in [0.1, 0.15) is 16.6 Å². The normalized spacial score (nSPS) is 16.3. The van der Waals surface area contributed by atoms with Crippen molar-refractivity contribution in [1.82, 2.24) is 0 Å². The van der Waals surface area contributed by atoms with Gasteiger partial charge in [-0.3, -0.25) is 0 Å². The van der Waals surface area contributed by atoms with Crippen LogP contribution in [0.3, 0.4) is 0 Å². The maximum Gasteiger partial charge on any atom is 0.428 e. The molecule has 0 saturated heterocycles. The van der Waals surface area contributed by atoms with E-state index in [4.69, 9.17) is 21.4 Å². The standard InChI is InChI=1S/C16H17ClF4O4/c1-4-8(9-6-7-11(18)12(17)13(9)25-3)10(5-2)15(24,14(22)23)16(19,20)21/h4,6-7,10,24H,5H2,1-3H3,(H,22,23)/t10?,15-/m1/s1. The summed E-state index contributed by atoms with van der Waals surface area (Å²) in [6.07, 6.45) is -4.59. The zero-order valence-corrected chi connectivity index (χ0v) is 14.4.